The maximum absolute atomic E-state index is 3.44. The molecule has 1 aromatic rings. The zero-order valence-corrected chi connectivity index (χ0v) is 11.1. The molecule has 0 saturated carbocycles. The number of rotatable bonds is 5. The maximum atomic E-state index is 3.44. The second-order valence-corrected chi connectivity index (χ2v) is 5.80. The lowest BCUT2D eigenvalue weighted by molar-refractivity contribution is 0.246. The second kappa shape index (κ2) is 5.80. The van der Waals surface area contributed by atoms with Crippen molar-refractivity contribution in [3.8, 4) is 0 Å². The molecule has 1 fully saturated rings. The molecule has 0 aliphatic carbocycles. The van der Waals surface area contributed by atoms with Crippen molar-refractivity contribution in [3.05, 3.63) is 22.4 Å². The third kappa shape index (κ3) is 3.06. The first-order chi connectivity index (χ1) is 7.77. The summed E-state index contributed by atoms with van der Waals surface area (Å²) in [5.41, 5.74) is 0. The highest BCUT2D eigenvalue weighted by atomic mass is 32.1. The quantitative estimate of drug-likeness (QED) is 0.848. The largest absolute Gasteiger partial charge is 0.316 e. The minimum absolute atomic E-state index is 0.564. The first-order valence-corrected chi connectivity index (χ1v) is 7.09. The van der Waals surface area contributed by atoms with Gasteiger partial charge >= 0.3 is 0 Å². The van der Waals surface area contributed by atoms with Crippen LogP contribution < -0.4 is 5.32 Å². The zero-order valence-electron chi connectivity index (χ0n) is 10.3. The number of hydrogen-bond donors (Lipinski definition) is 1. The molecule has 1 aliphatic heterocycles. The first kappa shape index (κ1) is 12.1. The van der Waals surface area contributed by atoms with Gasteiger partial charge in [-0.15, -0.1) is 11.3 Å². The highest BCUT2D eigenvalue weighted by molar-refractivity contribution is 7.10. The van der Waals surface area contributed by atoms with Crippen LogP contribution in [0.3, 0.4) is 0 Å². The number of nitrogens with one attached hydrogen (secondary N) is 1. The molecule has 3 heteroatoms. The van der Waals surface area contributed by atoms with Gasteiger partial charge in [0.05, 0.1) is 0 Å². The standard InChI is InChI=1S/C13H22N2S/c1-11(13-4-3-9-16-13)15(2)8-6-12-5-7-14-10-12/h3-4,9,11-12,14H,5-8,10H2,1-2H3. The summed E-state index contributed by atoms with van der Waals surface area (Å²) in [6, 6.07) is 4.95. The summed E-state index contributed by atoms with van der Waals surface area (Å²) in [6.45, 7) is 5.96. The topological polar surface area (TPSA) is 15.3 Å². The van der Waals surface area contributed by atoms with Crippen molar-refractivity contribution < 1.29 is 0 Å². The zero-order chi connectivity index (χ0) is 11.4. The SMILES string of the molecule is CC(c1cccs1)N(C)CCC1CCNC1. The fourth-order valence-electron chi connectivity index (χ4n) is 2.29. The van der Waals surface area contributed by atoms with Crippen molar-refractivity contribution in [2.24, 2.45) is 5.92 Å². The smallest absolute Gasteiger partial charge is 0.0410 e. The lowest BCUT2D eigenvalue weighted by atomic mass is 10.0. The molecule has 0 amide bonds. The Kier molecular flexibility index (Phi) is 4.38. The van der Waals surface area contributed by atoms with E-state index in [0.717, 1.165) is 5.92 Å². The Balaban J connectivity index is 1.76. The van der Waals surface area contributed by atoms with Gasteiger partial charge in [0.2, 0.25) is 0 Å². The number of thiophene rings is 1. The highest BCUT2D eigenvalue weighted by Crippen LogP contribution is 2.24. The average Bonchev–Trinajstić information content (AvgIpc) is 2.96. The van der Waals surface area contributed by atoms with E-state index >= 15 is 0 Å². The van der Waals surface area contributed by atoms with Crippen LogP contribution in [0.5, 0.6) is 0 Å². The Morgan fingerprint density at radius 1 is 1.62 bits per heavy atom. The van der Waals surface area contributed by atoms with E-state index in [9.17, 15) is 0 Å². The van der Waals surface area contributed by atoms with E-state index < -0.39 is 0 Å². The van der Waals surface area contributed by atoms with Crippen molar-refractivity contribution in [3.63, 3.8) is 0 Å². The van der Waals surface area contributed by atoms with Crippen LogP contribution in [-0.2, 0) is 0 Å². The van der Waals surface area contributed by atoms with Crippen molar-refractivity contribution in [2.45, 2.75) is 25.8 Å². The molecule has 0 bridgehead atoms. The summed E-state index contributed by atoms with van der Waals surface area (Å²) < 4.78 is 0. The van der Waals surface area contributed by atoms with Crippen LogP contribution in [0.25, 0.3) is 0 Å². The molecule has 1 aliphatic rings. The average molecular weight is 238 g/mol. The highest BCUT2D eigenvalue weighted by Gasteiger charge is 2.17. The first-order valence-electron chi connectivity index (χ1n) is 6.21. The molecular formula is C13H22N2S. The van der Waals surface area contributed by atoms with E-state index in [-0.39, 0.29) is 0 Å². The summed E-state index contributed by atoms with van der Waals surface area (Å²) >= 11 is 1.86. The van der Waals surface area contributed by atoms with Gasteiger partial charge in [-0.1, -0.05) is 6.07 Å². The molecule has 1 aromatic heterocycles. The summed E-state index contributed by atoms with van der Waals surface area (Å²) in [5.74, 6) is 0.901. The Hall–Kier alpha value is -0.380. The van der Waals surface area contributed by atoms with Crippen molar-refractivity contribution in [1.29, 1.82) is 0 Å². The minimum atomic E-state index is 0.564. The summed E-state index contributed by atoms with van der Waals surface area (Å²) in [7, 11) is 2.24. The van der Waals surface area contributed by atoms with Gasteiger partial charge in [-0.25, -0.2) is 0 Å². The monoisotopic (exact) mass is 238 g/mol. The summed E-state index contributed by atoms with van der Waals surface area (Å²) in [6.07, 6.45) is 2.69. The molecule has 0 aromatic carbocycles. The van der Waals surface area contributed by atoms with E-state index in [1.54, 1.807) is 0 Å². The van der Waals surface area contributed by atoms with Gasteiger partial charge in [0.1, 0.15) is 0 Å². The minimum Gasteiger partial charge on any atom is -0.316 e. The van der Waals surface area contributed by atoms with Crippen molar-refractivity contribution in [2.75, 3.05) is 26.7 Å². The molecule has 90 valence electrons. The van der Waals surface area contributed by atoms with Crippen LogP contribution in [-0.4, -0.2) is 31.6 Å². The van der Waals surface area contributed by atoms with E-state index in [4.69, 9.17) is 0 Å². The molecule has 2 atom stereocenters. The molecule has 2 rings (SSSR count). The molecule has 0 spiro atoms. The lowest BCUT2D eigenvalue weighted by Crippen LogP contribution is -2.25. The molecule has 16 heavy (non-hydrogen) atoms. The van der Waals surface area contributed by atoms with E-state index in [0.29, 0.717) is 6.04 Å². The predicted molar refractivity (Wildman–Crippen MR) is 71.0 cm³/mol. The normalized spacial score (nSPS) is 22.8. The third-order valence-electron chi connectivity index (χ3n) is 3.67. The van der Waals surface area contributed by atoms with Gasteiger partial charge in [0.25, 0.3) is 0 Å². The van der Waals surface area contributed by atoms with Crippen molar-refractivity contribution >= 4 is 11.3 Å². The van der Waals surface area contributed by atoms with Crippen LogP contribution in [0.4, 0.5) is 0 Å². The van der Waals surface area contributed by atoms with Gasteiger partial charge in [0.15, 0.2) is 0 Å². The van der Waals surface area contributed by atoms with Gasteiger partial charge in [0, 0.05) is 10.9 Å². The van der Waals surface area contributed by atoms with E-state index in [1.807, 2.05) is 11.3 Å². The van der Waals surface area contributed by atoms with Crippen LogP contribution in [0.1, 0.15) is 30.7 Å². The van der Waals surface area contributed by atoms with E-state index in [2.05, 4.69) is 41.7 Å². The van der Waals surface area contributed by atoms with Gasteiger partial charge in [-0.3, -0.25) is 4.90 Å². The summed E-state index contributed by atoms with van der Waals surface area (Å²) in [5, 5.41) is 5.60. The molecule has 2 unspecified atom stereocenters. The Labute approximate surface area is 103 Å². The lowest BCUT2D eigenvalue weighted by Gasteiger charge is -2.24. The Morgan fingerprint density at radius 3 is 3.12 bits per heavy atom. The molecule has 0 radical (unpaired) electrons. The molecule has 1 saturated heterocycles. The van der Waals surface area contributed by atoms with Gasteiger partial charge < -0.3 is 5.32 Å². The molecular weight excluding hydrogens is 216 g/mol. The van der Waals surface area contributed by atoms with Gasteiger partial charge in [-0.05, 0) is 63.8 Å². The van der Waals surface area contributed by atoms with Gasteiger partial charge in [-0.2, -0.15) is 0 Å². The van der Waals surface area contributed by atoms with E-state index in [1.165, 1.54) is 37.4 Å². The Bertz CT molecular complexity index is 291. The third-order valence-corrected chi connectivity index (χ3v) is 4.71. The van der Waals surface area contributed by atoms with Crippen LogP contribution in [0.15, 0.2) is 17.5 Å². The molecule has 1 N–H and O–H groups in total. The fraction of sp³-hybridized carbons (Fsp3) is 0.692. The number of nitrogens with zero attached hydrogens (tertiary/aromatic N) is 1. The maximum Gasteiger partial charge on any atom is 0.0410 e. The second-order valence-electron chi connectivity index (χ2n) is 4.82. The van der Waals surface area contributed by atoms with Crippen LogP contribution >= 0.6 is 11.3 Å². The van der Waals surface area contributed by atoms with Crippen LogP contribution in [0.2, 0.25) is 0 Å². The predicted octanol–water partition coefficient (Wildman–Crippen LogP) is 2.74. The molecule has 2 heterocycles. The summed E-state index contributed by atoms with van der Waals surface area (Å²) in [4.78, 5) is 3.96. The Morgan fingerprint density at radius 2 is 2.50 bits per heavy atom. The molecule has 2 nitrogen and oxygen atoms in total. The number of hydrogen-bond acceptors (Lipinski definition) is 3. The fourth-order valence-corrected chi connectivity index (χ4v) is 3.14. The van der Waals surface area contributed by atoms with Crippen molar-refractivity contribution in [1.82, 2.24) is 10.2 Å². The van der Waals surface area contributed by atoms with Crippen LogP contribution in [0, 0.1) is 5.92 Å².